The Bertz CT molecular complexity index is 693. The summed E-state index contributed by atoms with van der Waals surface area (Å²) in [5.41, 5.74) is 0. The van der Waals surface area contributed by atoms with E-state index in [1.807, 2.05) is 24.3 Å². The summed E-state index contributed by atoms with van der Waals surface area (Å²) in [5, 5.41) is 6.03. The Morgan fingerprint density at radius 3 is 2.70 bits per heavy atom. The van der Waals surface area contributed by atoms with Crippen LogP contribution in [0.15, 0.2) is 30.3 Å². The average Bonchev–Trinajstić information content (AvgIpc) is 2.96. The average molecular weight is 334 g/mol. The Labute approximate surface area is 137 Å². The fourth-order valence-electron chi connectivity index (χ4n) is 1.96. The van der Waals surface area contributed by atoms with Crippen molar-refractivity contribution < 1.29 is 19.1 Å². The van der Waals surface area contributed by atoms with E-state index in [1.54, 1.807) is 19.9 Å². The van der Waals surface area contributed by atoms with Gasteiger partial charge in [-0.25, -0.2) is 4.79 Å². The van der Waals surface area contributed by atoms with Gasteiger partial charge in [0.05, 0.1) is 0 Å². The van der Waals surface area contributed by atoms with Crippen LogP contribution in [0.2, 0.25) is 0 Å². The lowest BCUT2D eigenvalue weighted by molar-refractivity contribution is -0.130. The Hall–Kier alpha value is -2.41. The highest BCUT2D eigenvalue weighted by Crippen LogP contribution is 2.25. The molecule has 2 aromatic rings. The van der Waals surface area contributed by atoms with Crippen molar-refractivity contribution in [3.05, 3.63) is 35.2 Å². The van der Waals surface area contributed by atoms with Gasteiger partial charge in [-0.15, -0.1) is 11.3 Å². The number of fused-ring (bicyclic) bond motifs is 1. The summed E-state index contributed by atoms with van der Waals surface area (Å²) in [5.74, 6) is -1.35. The lowest BCUT2D eigenvalue weighted by atomic mass is 10.2. The molecular weight excluding hydrogens is 316 g/mol. The van der Waals surface area contributed by atoms with Crippen LogP contribution in [-0.4, -0.2) is 37.0 Å². The van der Waals surface area contributed by atoms with Gasteiger partial charge in [0.2, 0.25) is 5.91 Å². The number of benzene rings is 1. The van der Waals surface area contributed by atoms with Gasteiger partial charge in [-0.2, -0.15) is 0 Å². The van der Waals surface area contributed by atoms with Crippen molar-refractivity contribution in [2.24, 2.45) is 0 Å². The highest BCUT2D eigenvalue weighted by Gasteiger charge is 2.17. The second-order valence-corrected chi connectivity index (χ2v) is 5.99. The van der Waals surface area contributed by atoms with E-state index in [1.165, 1.54) is 11.3 Å². The molecule has 1 atom stereocenters. The largest absolute Gasteiger partial charge is 0.451 e. The van der Waals surface area contributed by atoms with Gasteiger partial charge in [0, 0.05) is 11.2 Å². The minimum Gasteiger partial charge on any atom is -0.451 e. The van der Waals surface area contributed by atoms with Gasteiger partial charge in [-0.05, 0) is 31.4 Å². The maximum Gasteiger partial charge on any atom is 0.348 e. The molecule has 0 bridgehead atoms. The van der Waals surface area contributed by atoms with Gasteiger partial charge in [0.25, 0.3) is 5.91 Å². The molecule has 2 rings (SSSR count). The monoisotopic (exact) mass is 334 g/mol. The number of carbonyl (C=O) groups excluding carboxylic acids is 3. The number of ether oxygens (including phenoxy) is 1. The quantitative estimate of drug-likeness (QED) is 0.788. The van der Waals surface area contributed by atoms with E-state index in [0.717, 1.165) is 10.1 Å². The van der Waals surface area contributed by atoms with Crippen LogP contribution >= 0.6 is 11.3 Å². The maximum atomic E-state index is 12.0. The topological polar surface area (TPSA) is 84.5 Å². The van der Waals surface area contributed by atoms with Crippen molar-refractivity contribution in [1.29, 1.82) is 0 Å². The zero-order valence-corrected chi connectivity index (χ0v) is 13.7. The van der Waals surface area contributed by atoms with Crippen molar-refractivity contribution >= 4 is 39.2 Å². The fraction of sp³-hybridized carbons (Fsp3) is 0.312. The maximum absolute atomic E-state index is 12.0. The zero-order chi connectivity index (χ0) is 16.8. The Balaban J connectivity index is 1.86. The highest BCUT2D eigenvalue weighted by molar-refractivity contribution is 7.20. The normalized spacial score (nSPS) is 11.7. The number of carbonyl (C=O) groups is 3. The van der Waals surface area contributed by atoms with E-state index in [4.69, 9.17) is 4.74 Å². The molecule has 0 aliphatic heterocycles. The van der Waals surface area contributed by atoms with E-state index in [2.05, 4.69) is 10.6 Å². The first-order chi connectivity index (χ1) is 11.0. The van der Waals surface area contributed by atoms with Crippen LogP contribution in [0.3, 0.4) is 0 Å². The van der Waals surface area contributed by atoms with Crippen molar-refractivity contribution in [3.8, 4) is 0 Å². The van der Waals surface area contributed by atoms with Crippen LogP contribution in [0.1, 0.15) is 23.5 Å². The van der Waals surface area contributed by atoms with Crippen LogP contribution in [0.4, 0.5) is 0 Å². The highest BCUT2D eigenvalue weighted by atomic mass is 32.1. The summed E-state index contributed by atoms with van der Waals surface area (Å²) in [7, 11) is 0. The Morgan fingerprint density at radius 1 is 1.26 bits per heavy atom. The second-order valence-electron chi connectivity index (χ2n) is 4.91. The Morgan fingerprint density at radius 2 is 2.00 bits per heavy atom. The summed E-state index contributed by atoms with van der Waals surface area (Å²) in [4.78, 5) is 35.6. The van der Waals surface area contributed by atoms with E-state index in [9.17, 15) is 14.4 Å². The molecule has 7 heteroatoms. The van der Waals surface area contributed by atoms with Crippen molar-refractivity contribution in [2.75, 3.05) is 13.2 Å². The smallest absolute Gasteiger partial charge is 0.348 e. The van der Waals surface area contributed by atoms with Crippen molar-refractivity contribution in [1.82, 2.24) is 10.6 Å². The molecule has 0 unspecified atom stereocenters. The Kier molecular flexibility index (Phi) is 5.70. The van der Waals surface area contributed by atoms with Gasteiger partial charge in [-0.1, -0.05) is 18.2 Å². The van der Waals surface area contributed by atoms with E-state index >= 15 is 0 Å². The molecule has 6 nitrogen and oxygen atoms in total. The molecule has 2 N–H and O–H groups in total. The van der Waals surface area contributed by atoms with Crippen molar-refractivity contribution in [3.63, 3.8) is 0 Å². The molecule has 0 saturated carbocycles. The van der Waals surface area contributed by atoms with Crippen LogP contribution in [0.5, 0.6) is 0 Å². The fourth-order valence-corrected chi connectivity index (χ4v) is 2.92. The molecule has 0 spiro atoms. The summed E-state index contributed by atoms with van der Waals surface area (Å²) < 4.78 is 5.97. The summed E-state index contributed by atoms with van der Waals surface area (Å²) in [6.45, 7) is 3.42. The SMILES string of the molecule is CCNC(=O)[C@@H](C)NC(=O)COC(=O)c1cc2ccccc2s1. The molecule has 0 aliphatic rings. The van der Waals surface area contributed by atoms with Gasteiger partial charge < -0.3 is 15.4 Å². The number of rotatable bonds is 6. The number of nitrogens with one attached hydrogen (secondary N) is 2. The van der Waals surface area contributed by atoms with E-state index in [-0.39, 0.29) is 5.91 Å². The molecule has 1 heterocycles. The molecule has 23 heavy (non-hydrogen) atoms. The van der Waals surface area contributed by atoms with Gasteiger partial charge in [-0.3, -0.25) is 9.59 Å². The van der Waals surface area contributed by atoms with E-state index in [0.29, 0.717) is 11.4 Å². The number of likely N-dealkylation sites (N-methyl/N-ethyl adjacent to an activating group) is 1. The lowest BCUT2D eigenvalue weighted by Gasteiger charge is -2.13. The first-order valence-corrected chi connectivity index (χ1v) is 8.05. The minimum absolute atomic E-state index is 0.281. The third-order valence-corrected chi connectivity index (χ3v) is 4.18. The molecule has 0 radical (unpaired) electrons. The zero-order valence-electron chi connectivity index (χ0n) is 12.9. The van der Waals surface area contributed by atoms with Crippen LogP contribution in [-0.2, 0) is 14.3 Å². The third-order valence-electron chi connectivity index (χ3n) is 3.08. The molecular formula is C16H18N2O4S. The molecule has 1 aromatic carbocycles. The van der Waals surface area contributed by atoms with E-state index < -0.39 is 24.5 Å². The number of amides is 2. The standard InChI is InChI=1S/C16H18N2O4S/c1-3-17-15(20)10(2)18-14(19)9-22-16(21)13-8-11-6-4-5-7-12(11)23-13/h4-8,10H,3,9H2,1-2H3,(H,17,20)(H,18,19)/t10-/m1/s1. The van der Waals surface area contributed by atoms with Gasteiger partial charge >= 0.3 is 5.97 Å². The molecule has 0 saturated heterocycles. The van der Waals surface area contributed by atoms with Crippen LogP contribution in [0.25, 0.3) is 10.1 Å². The molecule has 122 valence electrons. The van der Waals surface area contributed by atoms with Gasteiger partial charge in [0.1, 0.15) is 10.9 Å². The second kappa shape index (κ2) is 7.73. The first-order valence-electron chi connectivity index (χ1n) is 7.24. The number of hydrogen-bond donors (Lipinski definition) is 2. The predicted molar refractivity (Wildman–Crippen MR) is 88.4 cm³/mol. The number of thiophene rings is 1. The minimum atomic E-state index is -0.675. The molecule has 0 fully saturated rings. The molecule has 2 amide bonds. The van der Waals surface area contributed by atoms with Crippen LogP contribution in [0, 0.1) is 0 Å². The number of hydrogen-bond acceptors (Lipinski definition) is 5. The molecule has 1 aromatic heterocycles. The third kappa shape index (κ3) is 4.53. The summed E-state index contributed by atoms with van der Waals surface area (Å²) >= 11 is 1.31. The lowest BCUT2D eigenvalue weighted by Crippen LogP contribution is -2.46. The summed E-state index contributed by atoms with van der Waals surface area (Å²) in [6.07, 6.45) is 0. The number of esters is 1. The van der Waals surface area contributed by atoms with Crippen molar-refractivity contribution in [2.45, 2.75) is 19.9 Å². The first kappa shape index (κ1) is 17.0. The van der Waals surface area contributed by atoms with Gasteiger partial charge in [0.15, 0.2) is 6.61 Å². The summed E-state index contributed by atoms with van der Waals surface area (Å²) in [6, 6.07) is 8.66. The predicted octanol–water partition coefficient (Wildman–Crippen LogP) is 1.70. The van der Waals surface area contributed by atoms with Crippen LogP contribution < -0.4 is 10.6 Å². The molecule has 0 aliphatic carbocycles.